The van der Waals surface area contributed by atoms with E-state index in [0.717, 1.165) is 0 Å². The highest BCUT2D eigenvalue weighted by Crippen LogP contribution is 2.00. The van der Waals surface area contributed by atoms with Crippen molar-refractivity contribution >= 4 is 35.4 Å². The molecule has 0 aromatic carbocycles. The summed E-state index contributed by atoms with van der Waals surface area (Å²) < 4.78 is 0. The van der Waals surface area contributed by atoms with Crippen molar-refractivity contribution in [3.63, 3.8) is 0 Å². The molecule has 0 saturated heterocycles. The Morgan fingerprint density at radius 3 is 0.927 bits per heavy atom. The third-order valence-electron chi connectivity index (χ3n) is 8.09. The second kappa shape index (κ2) is 35.5. The fourth-order valence-corrected chi connectivity index (χ4v) is 5.06. The van der Waals surface area contributed by atoms with Crippen molar-refractivity contribution in [3.8, 4) is 0 Å². The number of nitrogens with one attached hydrogen (secondary N) is 6. The van der Waals surface area contributed by atoms with Gasteiger partial charge in [0, 0.05) is 168 Å². The van der Waals surface area contributed by atoms with Crippen LogP contribution < -0.4 is 54.8 Å². The summed E-state index contributed by atoms with van der Waals surface area (Å²) in [6, 6.07) is 0. The summed E-state index contributed by atoms with van der Waals surface area (Å²) in [5.41, 5.74) is 30.5. The van der Waals surface area contributed by atoms with Crippen molar-refractivity contribution in [2.75, 3.05) is 131 Å². The molecule has 22 nitrogen and oxygen atoms in total. The highest BCUT2D eigenvalue weighted by Gasteiger charge is 2.15. The van der Waals surface area contributed by atoms with Crippen LogP contribution in [-0.2, 0) is 28.8 Å². The highest BCUT2D eigenvalue weighted by atomic mass is 16.2. The van der Waals surface area contributed by atoms with Crippen LogP contribution in [0.1, 0.15) is 44.9 Å². The molecule has 0 rings (SSSR count). The zero-order chi connectivity index (χ0) is 40.9. The molecule has 22 heteroatoms. The first-order valence-corrected chi connectivity index (χ1v) is 19.2. The average Bonchev–Trinajstić information content (AvgIpc) is 3.18. The van der Waals surface area contributed by atoms with Gasteiger partial charge >= 0.3 is 0 Å². The Bertz CT molecular complexity index is 1020. The number of carbonyl (C=O) groups is 6. The average molecular weight is 785 g/mol. The SMILES string of the molecule is [N-]=[N+]=NCCCN(CCC(=O)NCCN(CCC(=O)NCCN)CCC(=O)NCCN)CCC(=O)NCCN(CCC(=O)NCCN)CCC(=O)NCCN. The van der Waals surface area contributed by atoms with Crippen molar-refractivity contribution < 1.29 is 28.8 Å². The van der Waals surface area contributed by atoms with Crippen molar-refractivity contribution in [3.05, 3.63) is 10.4 Å². The Hall–Kier alpha value is -4.15. The van der Waals surface area contributed by atoms with Gasteiger partial charge in [-0.1, -0.05) is 5.11 Å². The molecule has 0 aromatic heterocycles. The van der Waals surface area contributed by atoms with E-state index in [9.17, 15) is 28.8 Å². The monoisotopic (exact) mass is 785 g/mol. The summed E-state index contributed by atoms with van der Waals surface area (Å²) in [5, 5.41) is 20.2. The largest absolute Gasteiger partial charge is 0.355 e. The van der Waals surface area contributed by atoms with Crippen LogP contribution in [0.15, 0.2) is 5.11 Å². The van der Waals surface area contributed by atoms with Gasteiger partial charge in [0.15, 0.2) is 0 Å². The highest BCUT2D eigenvalue weighted by molar-refractivity contribution is 5.78. The van der Waals surface area contributed by atoms with Gasteiger partial charge in [-0.2, -0.15) is 0 Å². The summed E-state index contributed by atoms with van der Waals surface area (Å²) in [5.74, 6) is -0.988. The first-order valence-electron chi connectivity index (χ1n) is 19.2. The van der Waals surface area contributed by atoms with E-state index in [4.69, 9.17) is 28.5 Å². The van der Waals surface area contributed by atoms with Gasteiger partial charge in [-0.25, -0.2) is 0 Å². The molecular weight excluding hydrogens is 716 g/mol. The van der Waals surface area contributed by atoms with E-state index < -0.39 is 0 Å². The molecule has 0 spiro atoms. The van der Waals surface area contributed by atoms with Crippen molar-refractivity contribution in [2.24, 2.45) is 28.0 Å². The zero-order valence-electron chi connectivity index (χ0n) is 32.5. The summed E-state index contributed by atoms with van der Waals surface area (Å²) in [6.45, 7) is 7.42. The van der Waals surface area contributed by atoms with Crippen LogP contribution >= 0.6 is 0 Å². The van der Waals surface area contributed by atoms with Crippen LogP contribution in [0.5, 0.6) is 0 Å². The van der Waals surface area contributed by atoms with E-state index in [1.807, 2.05) is 14.7 Å². The second-order valence-corrected chi connectivity index (χ2v) is 12.6. The van der Waals surface area contributed by atoms with Crippen LogP contribution in [0.2, 0.25) is 0 Å². The summed E-state index contributed by atoms with van der Waals surface area (Å²) in [4.78, 5) is 82.6. The smallest absolute Gasteiger partial charge is 0.221 e. The molecule has 0 bridgehead atoms. The van der Waals surface area contributed by atoms with Crippen LogP contribution in [0.3, 0.4) is 0 Å². The van der Waals surface area contributed by atoms with Crippen molar-refractivity contribution in [1.29, 1.82) is 0 Å². The van der Waals surface area contributed by atoms with Gasteiger partial charge in [0.1, 0.15) is 0 Å². The lowest BCUT2D eigenvalue weighted by Crippen LogP contribution is -2.41. The number of azide groups is 1. The molecule has 0 fully saturated rings. The third kappa shape index (κ3) is 31.9. The summed E-state index contributed by atoms with van der Waals surface area (Å²) >= 11 is 0. The van der Waals surface area contributed by atoms with Crippen LogP contribution in [-0.4, -0.2) is 181 Å². The van der Waals surface area contributed by atoms with E-state index in [-0.39, 0.29) is 80.5 Å². The molecule has 14 N–H and O–H groups in total. The number of hydrogen-bond acceptors (Lipinski definition) is 14. The van der Waals surface area contributed by atoms with Gasteiger partial charge in [-0.15, -0.1) is 0 Å². The molecule has 0 aliphatic heterocycles. The van der Waals surface area contributed by atoms with E-state index in [2.05, 4.69) is 41.9 Å². The maximum atomic E-state index is 12.8. The standard InChI is InChI=1S/C33H68N16O6/c34-8-13-39-28(50)4-22-48(23-5-29(51)40-14-9-35)26-17-43-32(54)2-20-47(19-1-12-45-46-38)21-3-33(55)44-18-27-49(24-6-30(52)41-15-10-36)25-7-31(53)42-16-11-37/h1-27,34-37H2,(H,39,50)(H,40,51)(H,41,52)(H,42,53)(H,43,54)(H,44,55). The third-order valence-corrected chi connectivity index (χ3v) is 8.09. The van der Waals surface area contributed by atoms with E-state index in [1.54, 1.807) is 0 Å². The van der Waals surface area contributed by atoms with E-state index in [0.29, 0.717) is 131 Å². The lowest BCUT2D eigenvalue weighted by Gasteiger charge is -2.24. The molecule has 6 amide bonds. The molecule has 0 heterocycles. The second-order valence-electron chi connectivity index (χ2n) is 12.6. The number of nitrogens with zero attached hydrogens (tertiary/aromatic N) is 6. The topological polar surface area (TPSA) is 337 Å². The Balaban J connectivity index is 5.00. The number of amides is 6. The maximum Gasteiger partial charge on any atom is 0.221 e. The first kappa shape index (κ1) is 50.9. The number of rotatable bonds is 36. The maximum absolute atomic E-state index is 12.8. The lowest BCUT2D eigenvalue weighted by molar-refractivity contribution is -0.123. The van der Waals surface area contributed by atoms with Crippen LogP contribution in [0.25, 0.3) is 10.4 Å². The fourth-order valence-electron chi connectivity index (χ4n) is 5.06. The molecule has 0 aromatic rings. The number of nitrogens with two attached hydrogens (primary N) is 4. The number of carbonyl (C=O) groups excluding carboxylic acids is 6. The van der Waals surface area contributed by atoms with Gasteiger partial charge in [0.05, 0.1) is 0 Å². The molecule has 0 unspecified atom stereocenters. The Kier molecular flexibility index (Phi) is 32.9. The minimum Gasteiger partial charge on any atom is -0.355 e. The minimum atomic E-state index is -0.195. The lowest BCUT2D eigenvalue weighted by atomic mass is 10.2. The normalized spacial score (nSPS) is 10.9. The van der Waals surface area contributed by atoms with E-state index in [1.165, 1.54) is 0 Å². The van der Waals surface area contributed by atoms with Crippen molar-refractivity contribution in [1.82, 2.24) is 46.6 Å². The molecule has 0 aliphatic rings. The molecular formula is C33H68N16O6. The van der Waals surface area contributed by atoms with Gasteiger partial charge in [-0.05, 0) is 18.5 Å². The van der Waals surface area contributed by atoms with Crippen molar-refractivity contribution in [2.45, 2.75) is 44.9 Å². The minimum absolute atomic E-state index is 0.149. The quantitative estimate of drug-likeness (QED) is 0.0124. The Labute approximate surface area is 324 Å². The Morgan fingerprint density at radius 1 is 0.418 bits per heavy atom. The molecule has 316 valence electrons. The van der Waals surface area contributed by atoms with Gasteiger partial charge in [0.25, 0.3) is 0 Å². The zero-order valence-corrected chi connectivity index (χ0v) is 32.5. The predicted molar refractivity (Wildman–Crippen MR) is 210 cm³/mol. The predicted octanol–water partition coefficient (Wildman–Crippen LogP) is -4.53. The van der Waals surface area contributed by atoms with Crippen LogP contribution in [0.4, 0.5) is 0 Å². The number of hydrogen-bond donors (Lipinski definition) is 10. The molecule has 0 aliphatic carbocycles. The fraction of sp³-hybridized carbons (Fsp3) is 0.818. The van der Waals surface area contributed by atoms with Crippen LogP contribution in [0, 0.1) is 0 Å². The molecule has 0 atom stereocenters. The van der Waals surface area contributed by atoms with Gasteiger partial charge in [0.2, 0.25) is 35.4 Å². The van der Waals surface area contributed by atoms with E-state index >= 15 is 0 Å². The Morgan fingerprint density at radius 2 is 0.673 bits per heavy atom. The summed E-state index contributed by atoms with van der Waals surface area (Å²) in [7, 11) is 0. The first-order chi connectivity index (χ1) is 26.6. The molecule has 55 heavy (non-hydrogen) atoms. The molecule has 0 radical (unpaired) electrons. The van der Waals surface area contributed by atoms with Gasteiger partial charge in [-0.3, -0.25) is 28.8 Å². The molecule has 0 saturated carbocycles. The summed E-state index contributed by atoms with van der Waals surface area (Å²) in [6.07, 6.45) is 1.76. The van der Waals surface area contributed by atoms with Gasteiger partial charge < -0.3 is 69.5 Å².